The largest absolute Gasteiger partial charge is 0.452 e. The first-order chi connectivity index (χ1) is 11.7. The lowest BCUT2D eigenvalue weighted by Gasteiger charge is -2.16. The molecule has 0 fully saturated rings. The van der Waals surface area contributed by atoms with Crippen LogP contribution in [0.25, 0.3) is 0 Å². The average Bonchev–Trinajstić information content (AvgIpc) is 2.60. The van der Waals surface area contributed by atoms with Crippen LogP contribution in [0.4, 0.5) is 16.2 Å². The summed E-state index contributed by atoms with van der Waals surface area (Å²) in [5, 5.41) is 2.70. The van der Waals surface area contributed by atoms with E-state index in [0.29, 0.717) is 16.9 Å². The molecular formula is C17H18N2O5S. The number of anilines is 2. The van der Waals surface area contributed by atoms with Gasteiger partial charge in [-0.25, -0.2) is 13.2 Å². The van der Waals surface area contributed by atoms with E-state index in [4.69, 9.17) is 0 Å². The van der Waals surface area contributed by atoms with Gasteiger partial charge in [-0.05, 0) is 48.5 Å². The summed E-state index contributed by atoms with van der Waals surface area (Å²) in [7, 11) is -0.434. The number of methoxy groups -OCH3 is 1. The predicted molar refractivity (Wildman–Crippen MR) is 94.8 cm³/mol. The Kier molecular flexibility index (Phi) is 5.43. The zero-order valence-electron chi connectivity index (χ0n) is 14.0. The quantitative estimate of drug-likeness (QED) is 0.902. The van der Waals surface area contributed by atoms with E-state index in [1.54, 1.807) is 31.3 Å². The van der Waals surface area contributed by atoms with Gasteiger partial charge in [-0.3, -0.25) is 9.69 Å². The van der Waals surface area contributed by atoms with E-state index < -0.39 is 15.9 Å². The average molecular weight is 362 g/mol. The fourth-order valence-electron chi connectivity index (χ4n) is 2.07. The molecule has 132 valence electrons. The molecule has 0 bridgehead atoms. The Morgan fingerprint density at radius 3 is 2.04 bits per heavy atom. The van der Waals surface area contributed by atoms with E-state index in [-0.39, 0.29) is 10.8 Å². The Bertz CT molecular complexity index is 874. The highest BCUT2D eigenvalue weighted by Crippen LogP contribution is 2.18. The minimum absolute atomic E-state index is 0.152. The maximum absolute atomic E-state index is 12.2. The monoisotopic (exact) mass is 362 g/mol. The lowest BCUT2D eigenvalue weighted by atomic mass is 10.2. The first-order valence-electron chi connectivity index (χ1n) is 7.25. The van der Waals surface area contributed by atoms with Crippen molar-refractivity contribution in [2.24, 2.45) is 0 Å². The van der Waals surface area contributed by atoms with Gasteiger partial charge in [0, 0.05) is 30.2 Å². The molecule has 0 aromatic heterocycles. The smallest absolute Gasteiger partial charge is 0.413 e. The molecule has 7 nitrogen and oxygen atoms in total. The van der Waals surface area contributed by atoms with Gasteiger partial charge in [0.2, 0.25) is 0 Å². The number of carbonyl (C=O) groups excluding carboxylic acids is 2. The van der Waals surface area contributed by atoms with Gasteiger partial charge in [0.15, 0.2) is 9.84 Å². The third kappa shape index (κ3) is 4.57. The molecule has 0 aliphatic rings. The predicted octanol–water partition coefficient (Wildman–Crippen LogP) is 2.55. The van der Waals surface area contributed by atoms with Crippen molar-refractivity contribution in [1.82, 2.24) is 0 Å². The zero-order chi connectivity index (χ0) is 18.6. The number of rotatable bonds is 4. The Hall–Kier alpha value is -2.87. The highest BCUT2D eigenvalue weighted by Gasteiger charge is 2.12. The number of hydrogen-bond donors (Lipinski definition) is 1. The number of benzene rings is 2. The molecule has 25 heavy (non-hydrogen) atoms. The zero-order valence-corrected chi connectivity index (χ0v) is 14.8. The van der Waals surface area contributed by atoms with Gasteiger partial charge in [0.1, 0.15) is 0 Å². The number of ether oxygens (including phenoxy) is 1. The maximum Gasteiger partial charge on any atom is 0.413 e. The van der Waals surface area contributed by atoms with Gasteiger partial charge in [-0.15, -0.1) is 0 Å². The van der Waals surface area contributed by atoms with Gasteiger partial charge in [0.05, 0.1) is 12.0 Å². The Labute approximate surface area is 146 Å². The fourth-order valence-corrected chi connectivity index (χ4v) is 2.70. The Balaban J connectivity index is 2.09. The SMILES string of the molecule is COC(=O)N(C)c1ccc(NC(=O)c2ccc(S(C)(=O)=O)cc2)cc1. The first-order valence-corrected chi connectivity index (χ1v) is 9.14. The molecule has 0 saturated heterocycles. The molecule has 8 heteroatoms. The minimum atomic E-state index is -3.30. The molecule has 1 N–H and O–H groups in total. The molecule has 0 aliphatic heterocycles. The number of nitrogens with one attached hydrogen (secondary N) is 1. The molecule has 0 spiro atoms. The molecule has 0 unspecified atom stereocenters. The number of carbonyl (C=O) groups is 2. The van der Waals surface area contributed by atoms with Gasteiger partial charge in [-0.2, -0.15) is 0 Å². The molecule has 2 amide bonds. The summed E-state index contributed by atoms with van der Waals surface area (Å²) < 4.78 is 27.5. The van der Waals surface area contributed by atoms with Crippen LogP contribution in [0, 0.1) is 0 Å². The van der Waals surface area contributed by atoms with Crippen LogP contribution in [0.5, 0.6) is 0 Å². The third-order valence-corrected chi connectivity index (χ3v) is 4.63. The van der Waals surface area contributed by atoms with Gasteiger partial charge < -0.3 is 10.1 Å². The normalized spacial score (nSPS) is 10.8. The third-order valence-electron chi connectivity index (χ3n) is 3.51. The van der Waals surface area contributed by atoms with Crippen molar-refractivity contribution in [3.63, 3.8) is 0 Å². The van der Waals surface area contributed by atoms with Crippen LogP contribution in [0.1, 0.15) is 10.4 Å². The molecule has 0 radical (unpaired) electrons. The van der Waals surface area contributed by atoms with Gasteiger partial charge >= 0.3 is 6.09 Å². The summed E-state index contributed by atoms with van der Waals surface area (Å²) in [6.45, 7) is 0. The van der Waals surface area contributed by atoms with Crippen molar-refractivity contribution in [2.45, 2.75) is 4.90 Å². The van der Waals surface area contributed by atoms with Crippen LogP contribution in [0.15, 0.2) is 53.4 Å². The van der Waals surface area contributed by atoms with Crippen molar-refractivity contribution in [3.05, 3.63) is 54.1 Å². The fraction of sp³-hybridized carbons (Fsp3) is 0.176. The summed E-state index contributed by atoms with van der Waals surface area (Å²) in [5.74, 6) is -0.367. The van der Waals surface area contributed by atoms with Crippen molar-refractivity contribution in [2.75, 3.05) is 30.6 Å². The summed E-state index contributed by atoms with van der Waals surface area (Å²) in [5.41, 5.74) is 1.49. The highest BCUT2D eigenvalue weighted by atomic mass is 32.2. The van der Waals surface area contributed by atoms with Crippen molar-refractivity contribution < 1.29 is 22.7 Å². The van der Waals surface area contributed by atoms with E-state index >= 15 is 0 Å². The maximum atomic E-state index is 12.2. The first kappa shape index (κ1) is 18.5. The lowest BCUT2D eigenvalue weighted by Crippen LogP contribution is -2.25. The summed E-state index contributed by atoms with van der Waals surface area (Å²) in [4.78, 5) is 25.1. The van der Waals surface area contributed by atoms with E-state index in [9.17, 15) is 18.0 Å². The second-order valence-corrected chi connectivity index (χ2v) is 7.34. The summed E-state index contributed by atoms with van der Waals surface area (Å²) in [6.07, 6.45) is 0.609. The molecule has 2 rings (SSSR count). The summed E-state index contributed by atoms with van der Waals surface area (Å²) >= 11 is 0. The number of nitrogens with zero attached hydrogens (tertiary/aromatic N) is 1. The van der Waals surface area contributed by atoms with Gasteiger partial charge in [-0.1, -0.05) is 0 Å². The van der Waals surface area contributed by atoms with Crippen molar-refractivity contribution >= 4 is 33.2 Å². The number of hydrogen-bond acceptors (Lipinski definition) is 5. The molecule has 0 atom stereocenters. The van der Waals surface area contributed by atoms with Crippen molar-refractivity contribution in [3.8, 4) is 0 Å². The van der Waals surface area contributed by atoms with Crippen LogP contribution >= 0.6 is 0 Å². The number of sulfone groups is 1. The number of amides is 2. The Morgan fingerprint density at radius 2 is 1.56 bits per heavy atom. The summed E-state index contributed by atoms with van der Waals surface area (Å²) in [6, 6.07) is 12.3. The van der Waals surface area contributed by atoms with Crippen LogP contribution in [0.2, 0.25) is 0 Å². The molecule has 2 aromatic carbocycles. The molecule has 2 aromatic rings. The lowest BCUT2D eigenvalue weighted by molar-refractivity contribution is 0.102. The van der Waals surface area contributed by atoms with Crippen LogP contribution < -0.4 is 10.2 Å². The highest BCUT2D eigenvalue weighted by molar-refractivity contribution is 7.90. The molecular weight excluding hydrogens is 344 g/mol. The van der Waals surface area contributed by atoms with Crippen LogP contribution in [-0.4, -0.2) is 40.8 Å². The van der Waals surface area contributed by atoms with Crippen LogP contribution in [0.3, 0.4) is 0 Å². The second-order valence-electron chi connectivity index (χ2n) is 5.33. The van der Waals surface area contributed by atoms with E-state index in [0.717, 1.165) is 6.26 Å². The van der Waals surface area contributed by atoms with E-state index in [2.05, 4.69) is 10.1 Å². The van der Waals surface area contributed by atoms with E-state index in [1.165, 1.54) is 36.3 Å². The topological polar surface area (TPSA) is 92.8 Å². The molecule has 0 saturated carbocycles. The molecule has 0 aliphatic carbocycles. The minimum Gasteiger partial charge on any atom is -0.452 e. The van der Waals surface area contributed by atoms with Gasteiger partial charge in [0.25, 0.3) is 5.91 Å². The van der Waals surface area contributed by atoms with E-state index in [1.807, 2.05) is 0 Å². The van der Waals surface area contributed by atoms with Crippen LogP contribution in [-0.2, 0) is 14.6 Å². The second kappa shape index (κ2) is 7.35. The Morgan fingerprint density at radius 1 is 1.00 bits per heavy atom. The molecule has 0 heterocycles. The van der Waals surface area contributed by atoms with Crippen molar-refractivity contribution in [1.29, 1.82) is 0 Å². The standard InChI is InChI=1S/C17H18N2O5S/c1-19(17(21)24-2)14-8-6-13(7-9-14)18-16(20)12-4-10-15(11-5-12)25(3,22)23/h4-11H,1-3H3,(H,18,20).